The molecule has 3 atom stereocenters. The van der Waals surface area contributed by atoms with Crippen LogP contribution in [0, 0.1) is 0 Å². The van der Waals surface area contributed by atoms with E-state index in [2.05, 4.69) is 25.2 Å². The second kappa shape index (κ2) is 7.88. The third-order valence-corrected chi connectivity index (χ3v) is 6.59. The van der Waals surface area contributed by atoms with Gasteiger partial charge in [0.15, 0.2) is 11.6 Å². The monoisotopic (exact) mass is 414 g/mol. The van der Waals surface area contributed by atoms with Gasteiger partial charge < -0.3 is 14.9 Å². The highest BCUT2D eigenvalue weighted by molar-refractivity contribution is 7.99. The van der Waals surface area contributed by atoms with Gasteiger partial charge in [0.05, 0.1) is 36.4 Å². The molecule has 4 heterocycles. The second-order valence-electron chi connectivity index (χ2n) is 7.03. The quantitative estimate of drug-likeness (QED) is 0.648. The summed E-state index contributed by atoms with van der Waals surface area (Å²) in [5.41, 5.74) is 1.58. The zero-order chi connectivity index (χ0) is 19.8. The lowest BCUT2D eigenvalue weighted by atomic mass is 10.1. The van der Waals surface area contributed by atoms with Crippen LogP contribution in [0.15, 0.2) is 42.7 Å². The van der Waals surface area contributed by atoms with Gasteiger partial charge in [0, 0.05) is 31.2 Å². The predicted molar refractivity (Wildman–Crippen MR) is 109 cm³/mol. The Bertz CT molecular complexity index is 980. The Morgan fingerprint density at radius 3 is 2.62 bits per heavy atom. The van der Waals surface area contributed by atoms with Gasteiger partial charge in [0.1, 0.15) is 0 Å². The molecule has 0 bridgehead atoms. The van der Waals surface area contributed by atoms with Crippen molar-refractivity contribution < 1.29 is 14.9 Å². The molecule has 0 spiro atoms. The fraction of sp³-hybridized carbons (Fsp3) is 0.421. The third-order valence-electron chi connectivity index (χ3n) is 5.21. The molecule has 2 aromatic heterocycles. The van der Waals surface area contributed by atoms with Crippen molar-refractivity contribution in [3.8, 4) is 0 Å². The molecule has 2 saturated heterocycles. The lowest BCUT2D eigenvalue weighted by Crippen LogP contribution is -2.47. The average Bonchev–Trinajstić information content (AvgIpc) is 3.34. The molecule has 3 aromatic rings. The van der Waals surface area contributed by atoms with Gasteiger partial charge in [-0.1, -0.05) is 18.2 Å². The summed E-state index contributed by atoms with van der Waals surface area (Å²) in [5, 5.41) is 33.0. The van der Waals surface area contributed by atoms with Crippen LogP contribution in [0.4, 0.5) is 11.5 Å². The molecule has 0 unspecified atom stereocenters. The second-order valence-corrected chi connectivity index (χ2v) is 8.20. The molecule has 1 aromatic carbocycles. The molecule has 10 heteroatoms. The van der Waals surface area contributed by atoms with Crippen LogP contribution in [0.5, 0.6) is 0 Å². The van der Waals surface area contributed by atoms with Crippen LogP contribution < -0.4 is 5.01 Å². The third kappa shape index (κ3) is 3.36. The van der Waals surface area contributed by atoms with Gasteiger partial charge in [0.25, 0.3) is 0 Å². The van der Waals surface area contributed by atoms with Crippen molar-refractivity contribution >= 4 is 28.9 Å². The SMILES string of the molecule is O[C@@H]1[C@H](O)CS[C@H]1c1nnc2c(N(c3ccccc3)N3CCOCC3)nccn12. The topological polar surface area (TPSA) is 99.2 Å². The number of anilines is 2. The molecule has 9 nitrogen and oxygen atoms in total. The maximum absolute atomic E-state index is 10.3. The van der Waals surface area contributed by atoms with Crippen LogP contribution in [-0.4, -0.2) is 79.1 Å². The van der Waals surface area contributed by atoms with Crippen LogP contribution in [-0.2, 0) is 4.74 Å². The normalized spacial score (nSPS) is 25.5. The molecule has 29 heavy (non-hydrogen) atoms. The van der Waals surface area contributed by atoms with Gasteiger partial charge in [-0.05, 0) is 12.1 Å². The minimum absolute atomic E-state index is 0.330. The molecule has 2 fully saturated rings. The van der Waals surface area contributed by atoms with Crippen molar-refractivity contribution in [3.63, 3.8) is 0 Å². The first-order chi connectivity index (χ1) is 14.2. The Morgan fingerprint density at radius 1 is 1.10 bits per heavy atom. The standard InChI is InChI=1S/C19H22N6O3S/c26-14-12-29-16(15(14)27)17-21-22-19-18(20-6-7-24(17)19)25(13-4-2-1-3-5-13)23-8-10-28-11-9-23/h1-7,14-16,26-27H,8-12H2/t14-,15-,16-/m1/s1. The summed E-state index contributed by atoms with van der Waals surface area (Å²) in [5.74, 6) is 1.76. The number of aliphatic hydroxyl groups excluding tert-OH is 2. The number of morpholine rings is 1. The summed E-state index contributed by atoms with van der Waals surface area (Å²) < 4.78 is 7.39. The van der Waals surface area contributed by atoms with Crippen LogP contribution in [0.2, 0.25) is 0 Å². The van der Waals surface area contributed by atoms with Gasteiger partial charge >= 0.3 is 0 Å². The molecular weight excluding hydrogens is 392 g/mol. The first kappa shape index (κ1) is 18.8. The maximum atomic E-state index is 10.3. The van der Waals surface area contributed by atoms with E-state index in [1.54, 1.807) is 12.4 Å². The number of rotatable bonds is 4. The lowest BCUT2D eigenvalue weighted by molar-refractivity contribution is 0.0376. The molecule has 0 radical (unpaired) electrons. The number of thioether (sulfide) groups is 1. The van der Waals surface area contributed by atoms with Crippen molar-refractivity contribution in [2.24, 2.45) is 0 Å². The molecule has 2 N–H and O–H groups in total. The Hall–Kier alpha value is -2.24. The fourth-order valence-corrected chi connectivity index (χ4v) is 5.04. The summed E-state index contributed by atoms with van der Waals surface area (Å²) in [4.78, 5) is 4.63. The highest BCUT2D eigenvalue weighted by Gasteiger charge is 2.38. The number of hydrazine groups is 1. The number of nitrogens with zero attached hydrogens (tertiary/aromatic N) is 6. The number of ether oxygens (including phenoxy) is 1. The Morgan fingerprint density at radius 2 is 1.90 bits per heavy atom. The fourth-order valence-electron chi connectivity index (χ4n) is 3.75. The van der Waals surface area contributed by atoms with E-state index in [-0.39, 0.29) is 5.25 Å². The molecule has 0 saturated carbocycles. The molecule has 0 amide bonds. The molecule has 2 aliphatic rings. The minimum Gasteiger partial charge on any atom is -0.390 e. The van der Waals surface area contributed by atoms with Crippen LogP contribution in [0.3, 0.4) is 0 Å². The Kier molecular flexibility index (Phi) is 5.10. The van der Waals surface area contributed by atoms with Crippen LogP contribution in [0.1, 0.15) is 11.1 Å². The summed E-state index contributed by atoms with van der Waals surface area (Å²) in [6.07, 6.45) is 1.89. The predicted octanol–water partition coefficient (Wildman–Crippen LogP) is 1.02. The summed E-state index contributed by atoms with van der Waals surface area (Å²) >= 11 is 1.49. The van der Waals surface area contributed by atoms with E-state index >= 15 is 0 Å². The first-order valence-electron chi connectivity index (χ1n) is 9.59. The largest absolute Gasteiger partial charge is 0.390 e. The minimum atomic E-state index is -0.867. The van der Waals surface area contributed by atoms with Crippen molar-refractivity contribution in [2.75, 3.05) is 37.1 Å². The van der Waals surface area contributed by atoms with Crippen LogP contribution in [0.25, 0.3) is 5.65 Å². The van der Waals surface area contributed by atoms with Gasteiger partial charge in [0.2, 0.25) is 5.65 Å². The average molecular weight is 414 g/mol. The Labute approximate surface area is 171 Å². The number of para-hydroxylation sites is 1. The van der Waals surface area contributed by atoms with E-state index in [4.69, 9.17) is 4.74 Å². The van der Waals surface area contributed by atoms with Crippen molar-refractivity contribution in [1.82, 2.24) is 24.6 Å². The van der Waals surface area contributed by atoms with E-state index < -0.39 is 12.2 Å². The van der Waals surface area contributed by atoms with E-state index in [1.165, 1.54) is 11.8 Å². The molecule has 0 aliphatic carbocycles. The number of fused-ring (bicyclic) bond motifs is 1. The van der Waals surface area contributed by atoms with E-state index in [0.717, 1.165) is 18.8 Å². The van der Waals surface area contributed by atoms with Crippen molar-refractivity contribution in [1.29, 1.82) is 0 Å². The molecular formula is C19H22N6O3S. The number of aromatic nitrogens is 4. The van der Waals surface area contributed by atoms with Gasteiger partial charge in [-0.15, -0.1) is 22.0 Å². The molecule has 2 aliphatic heterocycles. The van der Waals surface area contributed by atoms with Gasteiger partial charge in [-0.2, -0.15) is 0 Å². The van der Waals surface area contributed by atoms with E-state index in [0.29, 0.717) is 36.3 Å². The highest BCUT2D eigenvalue weighted by Crippen LogP contribution is 2.40. The highest BCUT2D eigenvalue weighted by atomic mass is 32.2. The number of aliphatic hydroxyl groups is 2. The first-order valence-corrected chi connectivity index (χ1v) is 10.6. The zero-order valence-corrected chi connectivity index (χ0v) is 16.5. The number of hydrogen-bond donors (Lipinski definition) is 2. The van der Waals surface area contributed by atoms with Crippen molar-refractivity contribution in [3.05, 3.63) is 48.5 Å². The number of hydrogen-bond acceptors (Lipinski definition) is 9. The maximum Gasteiger partial charge on any atom is 0.205 e. The zero-order valence-electron chi connectivity index (χ0n) is 15.7. The molecule has 5 rings (SSSR count). The Balaban J connectivity index is 1.60. The summed E-state index contributed by atoms with van der Waals surface area (Å²) in [6.45, 7) is 2.77. The summed E-state index contributed by atoms with van der Waals surface area (Å²) in [7, 11) is 0. The van der Waals surface area contributed by atoms with Gasteiger partial charge in [-0.25, -0.2) is 9.99 Å². The van der Waals surface area contributed by atoms with Crippen LogP contribution >= 0.6 is 11.8 Å². The van der Waals surface area contributed by atoms with Crippen molar-refractivity contribution in [2.45, 2.75) is 17.5 Å². The number of benzene rings is 1. The molecule has 152 valence electrons. The summed E-state index contributed by atoms with van der Waals surface area (Å²) in [6, 6.07) is 10.0. The lowest BCUT2D eigenvalue weighted by Gasteiger charge is -2.37. The van der Waals surface area contributed by atoms with E-state index in [9.17, 15) is 10.2 Å². The smallest absolute Gasteiger partial charge is 0.205 e. The van der Waals surface area contributed by atoms with Gasteiger partial charge in [-0.3, -0.25) is 9.41 Å². The van der Waals surface area contributed by atoms with E-state index in [1.807, 2.05) is 34.7 Å².